The van der Waals surface area contributed by atoms with Crippen LogP contribution in [0.1, 0.15) is 80.1 Å². The van der Waals surface area contributed by atoms with Crippen LogP contribution in [0.15, 0.2) is 0 Å². The molecule has 0 atom stereocenters. The van der Waals surface area contributed by atoms with Crippen LogP contribution in [0, 0.1) is 11.8 Å². The van der Waals surface area contributed by atoms with Crippen LogP contribution < -0.4 is 0 Å². The first-order chi connectivity index (χ1) is 12.9. The highest BCUT2D eigenvalue weighted by molar-refractivity contribution is 5.70. The normalized spacial score (nSPS) is 20.6. The maximum Gasteiger partial charge on any atom is 0.308 e. The molecular weight excluding hydrogens is 360 g/mol. The number of ether oxygens (including phenoxy) is 4. The monoisotopic (exact) mass is 400 g/mol. The topological polar surface area (TPSA) is 71.1 Å². The largest absolute Gasteiger partial charge is 0.460 e. The standard InChI is InChI=1S/C22H40O6/c1-21(2,3)27-19(23)11-13-25-15-17-7-9-18(10-8-17)16-26-14-12-20(24)28-22(4,5)6/h17-18H,7-16H2,1-6H3. The van der Waals surface area contributed by atoms with Gasteiger partial charge in [0.2, 0.25) is 0 Å². The van der Waals surface area contributed by atoms with Crippen LogP contribution in [0.3, 0.4) is 0 Å². The van der Waals surface area contributed by atoms with E-state index in [4.69, 9.17) is 18.9 Å². The molecule has 6 heteroatoms. The summed E-state index contributed by atoms with van der Waals surface area (Å²) in [7, 11) is 0. The third-order valence-corrected chi connectivity index (χ3v) is 4.41. The van der Waals surface area contributed by atoms with Gasteiger partial charge in [-0.25, -0.2) is 0 Å². The van der Waals surface area contributed by atoms with E-state index in [0.29, 0.717) is 51.1 Å². The molecule has 0 aromatic carbocycles. The summed E-state index contributed by atoms with van der Waals surface area (Å²) in [6, 6.07) is 0. The predicted octanol–water partition coefficient (Wildman–Crippen LogP) is 4.29. The van der Waals surface area contributed by atoms with Gasteiger partial charge in [0.05, 0.1) is 26.1 Å². The number of carbonyl (C=O) groups is 2. The van der Waals surface area contributed by atoms with Crippen molar-refractivity contribution >= 4 is 11.9 Å². The first kappa shape index (κ1) is 24.9. The van der Waals surface area contributed by atoms with Crippen LogP contribution in [-0.4, -0.2) is 49.6 Å². The van der Waals surface area contributed by atoms with Crippen molar-refractivity contribution in [2.75, 3.05) is 26.4 Å². The van der Waals surface area contributed by atoms with Gasteiger partial charge in [0.15, 0.2) is 0 Å². The first-order valence-corrected chi connectivity index (χ1v) is 10.5. The summed E-state index contributed by atoms with van der Waals surface area (Å²) in [4.78, 5) is 23.3. The lowest BCUT2D eigenvalue weighted by atomic mass is 9.83. The first-order valence-electron chi connectivity index (χ1n) is 10.5. The van der Waals surface area contributed by atoms with Crippen molar-refractivity contribution in [1.82, 2.24) is 0 Å². The van der Waals surface area contributed by atoms with Gasteiger partial charge < -0.3 is 18.9 Å². The number of carbonyl (C=O) groups excluding carboxylic acids is 2. The van der Waals surface area contributed by atoms with Crippen LogP contribution in [-0.2, 0) is 28.5 Å². The van der Waals surface area contributed by atoms with E-state index in [9.17, 15) is 9.59 Å². The van der Waals surface area contributed by atoms with Crippen molar-refractivity contribution in [2.45, 2.75) is 91.3 Å². The van der Waals surface area contributed by atoms with Crippen LogP contribution in [0.2, 0.25) is 0 Å². The molecule has 0 spiro atoms. The van der Waals surface area contributed by atoms with Gasteiger partial charge >= 0.3 is 11.9 Å². The van der Waals surface area contributed by atoms with Crippen molar-refractivity contribution in [3.63, 3.8) is 0 Å². The van der Waals surface area contributed by atoms with E-state index in [1.54, 1.807) is 0 Å². The highest BCUT2D eigenvalue weighted by atomic mass is 16.6. The molecule has 1 saturated carbocycles. The highest BCUT2D eigenvalue weighted by Gasteiger charge is 2.22. The van der Waals surface area contributed by atoms with Crippen molar-refractivity contribution in [1.29, 1.82) is 0 Å². The summed E-state index contributed by atoms with van der Waals surface area (Å²) in [6.45, 7) is 13.4. The number of hydrogen-bond donors (Lipinski definition) is 0. The molecule has 0 aliphatic heterocycles. The summed E-state index contributed by atoms with van der Waals surface area (Å²) in [5, 5.41) is 0. The Labute approximate surface area is 170 Å². The number of rotatable bonds is 10. The van der Waals surface area contributed by atoms with Crippen molar-refractivity contribution in [3.05, 3.63) is 0 Å². The maximum absolute atomic E-state index is 11.6. The minimum Gasteiger partial charge on any atom is -0.460 e. The van der Waals surface area contributed by atoms with Crippen molar-refractivity contribution in [3.8, 4) is 0 Å². The fourth-order valence-corrected chi connectivity index (χ4v) is 3.16. The zero-order chi connectivity index (χ0) is 21.2. The molecule has 1 rings (SSSR count). The van der Waals surface area contributed by atoms with Crippen LogP contribution in [0.5, 0.6) is 0 Å². The fraction of sp³-hybridized carbons (Fsp3) is 0.909. The van der Waals surface area contributed by atoms with Gasteiger partial charge in [-0.3, -0.25) is 9.59 Å². The Morgan fingerprint density at radius 1 is 0.679 bits per heavy atom. The van der Waals surface area contributed by atoms with Gasteiger partial charge in [-0.15, -0.1) is 0 Å². The average Bonchev–Trinajstić information content (AvgIpc) is 2.53. The van der Waals surface area contributed by atoms with Crippen LogP contribution >= 0.6 is 0 Å². The number of hydrogen-bond acceptors (Lipinski definition) is 6. The predicted molar refractivity (Wildman–Crippen MR) is 108 cm³/mol. The second kappa shape index (κ2) is 11.8. The van der Waals surface area contributed by atoms with Gasteiger partial charge in [-0.1, -0.05) is 0 Å². The third kappa shape index (κ3) is 13.1. The molecule has 164 valence electrons. The van der Waals surface area contributed by atoms with E-state index < -0.39 is 11.2 Å². The van der Waals surface area contributed by atoms with E-state index >= 15 is 0 Å². The lowest BCUT2D eigenvalue weighted by Crippen LogP contribution is -2.26. The summed E-state index contributed by atoms with van der Waals surface area (Å²) in [6.07, 6.45) is 5.08. The molecular formula is C22H40O6. The Balaban J connectivity index is 2.03. The summed E-state index contributed by atoms with van der Waals surface area (Å²) >= 11 is 0. The number of esters is 2. The Morgan fingerprint density at radius 3 is 1.29 bits per heavy atom. The quantitative estimate of drug-likeness (QED) is 0.402. The van der Waals surface area contributed by atoms with E-state index in [0.717, 1.165) is 25.7 Å². The molecule has 1 fully saturated rings. The fourth-order valence-electron chi connectivity index (χ4n) is 3.16. The summed E-state index contributed by atoms with van der Waals surface area (Å²) in [5.41, 5.74) is -0.880. The second-order valence-corrected chi connectivity index (χ2v) is 9.71. The van der Waals surface area contributed by atoms with Crippen LogP contribution in [0.4, 0.5) is 0 Å². The minimum atomic E-state index is -0.440. The molecule has 0 amide bonds. The molecule has 0 saturated heterocycles. The molecule has 1 aliphatic rings. The van der Waals surface area contributed by atoms with E-state index in [1.807, 2.05) is 41.5 Å². The molecule has 28 heavy (non-hydrogen) atoms. The molecule has 0 aromatic heterocycles. The lowest BCUT2D eigenvalue weighted by molar-refractivity contribution is -0.157. The maximum atomic E-state index is 11.6. The van der Waals surface area contributed by atoms with E-state index in [-0.39, 0.29) is 11.9 Å². The molecule has 0 radical (unpaired) electrons. The zero-order valence-electron chi connectivity index (χ0n) is 18.7. The van der Waals surface area contributed by atoms with Gasteiger partial charge in [0.25, 0.3) is 0 Å². The zero-order valence-corrected chi connectivity index (χ0v) is 18.7. The van der Waals surface area contributed by atoms with Gasteiger partial charge in [0, 0.05) is 13.2 Å². The molecule has 0 unspecified atom stereocenters. The summed E-state index contributed by atoms with van der Waals surface area (Å²) < 4.78 is 21.9. The Hall–Kier alpha value is -1.14. The van der Waals surface area contributed by atoms with Crippen LogP contribution in [0.25, 0.3) is 0 Å². The molecule has 0 heterocycles. The lowest BCUT2D eigenvalue weighted by Gasteiger charge is -2.28. The molecule has 6 nitrogen and oxygen atoms in total. The SMILES string of the molecule is CC(C)(C)OC(=O)CCOCC1CCC(COCCC(=O)OC(C)(C)C)CC1. The Bertz CT molecular complexity index is 422. The molecule has 0 bridgehead atoms. The third-order valence-electron chi connectivity index (χ3n) is 4.41. The second-order valence-electron chi connectivity index (χ2n) is 9.71. The van der Waals surface area contributed by atoms with Gasteiger partial charge in [-0.2, -0.15) is 0 Å². The Kier molecular flexibility index (Phi) is 10.5. The highest BCUT2D eigenvalue weighted by Crippen LogP contribution is 2.29. The molecule has 1 aliphatic carbocycles. The van der Waals surface area contributed by atoms with Gasteiger partial charge in [0.1, 0.15) is 11.2 Å². The van der Waals surface area contributed by atoms with E-state index in [2.05, 4.69) is 0 Å². The average molecular weight is 401 g/mol. The van der Waals surface area contributed by atoms with Gasteiger partial charge in [-0.05, 0) is 79.1 Å². The van der Waals surface area contributed by atoms with E-state index in [1.165, 1.54) is 0 Å². The summed E-state index contributed by atoms with van der Waals surface area (Å²) in [5.74, 6) is 0.688. The molecule has 0 N–H and O–H groups in total. The smallest absolute Gasteiger partial charge is 0.308 e. The minimum absolute atomic E-state index is 0.209. The van der Waals surface area contributed by atoms with Crippen molar-refractivity contribution < 1.29 is 28.5 Å². The molecule has 0 aromatic rings. The van der Waals surface area contributed by atoms with Crippen molar-refractivity contribution in [2.24, 2.45) is 11.8 Å². The Morgan fingerprint density at radius 2 is 1.00 bits per heavy atom.